The third kappa shape index (κ3) is 5.35. The second-order valence-corrected chi connectivity index (χ2v) is 9.93. The number of fused-ring (bicyclic) bond motifs is 1. The van der Waals surface area contributed by atoms with Crippen LogP contribution in [0.4, 0.5) is 5.69 Å². The molecule has 1 aliphatic rings. The van der Waals surface area contributed by atoms with Crippen molar-refractivity contribution in [2.75, 3.05) is 24.0 Å². The van der Waals surface area contributed by atoms with Gasteiger partial charge in [0.1, 0.15) is 19.3 Å². The van der Waals surface area contributed by atoms with Crippen molar-refractivity contribution >= 4 is 44.8 Å². The van der Waals surface area contributed by atoms with Gasteiger partial charge in [0.25, 0.3) is 10.0 Å². The van der Waals surface area contributed by atoms with Crippen LogP contribution in [0.2, 0.25) is 10.0 Å². The zero-order valence-electron chi connectivity index (χ0n) is 17.3. The van der Waals surface area contributed by atoms with Crippen molar-refractivity contribution in [1.29, 1.82) is 0 Å². The molecule has 33 heavy (non-hydrogen) atoms. The first-order chi connectivity index (χ1) is 15.8. The van der Waals surface area contributed by atoms with E-state index in [0.717, 1.165) is 4.31 Å². The highest BCUT2D eigenvalue weighted by Gasteiger charge is 2.29. The molecular weight excluding hydrogens is 487 g/mol. The molecule has 1 heterocycles. The number of halogens is 2. The van der Waals surface area contributed by atoms with Crippen molar-refractivity contribution in [1.82, 2.24) is 5.32 Å². The molecule has 1 amide bonds. The van der Waals surface area contributed by atoms with E-state index in [9.17, 15) is 13.2 Å². The van der Waals surface area contributed by atoms with Crippen molar-refractivity contribution in [2.24, 2.45) is 0 Å². The number of nitrogens with one attached hydrogen (secondary N) is 1. The molecule has 0 aromatic heterocycles. The first kappa shape index (κ1) is 23.2. The van der Waals surface area contributed by atoms with Crippen LogP contribution in [0, 0.1) is 0 Å². The van der Waals surface area contributed by atoms with E-state index >= 15 is 0 Å². The van der Waals surface area contributed by atoms with Gasteiger partial charge in [-0.15, -0.1) is 0 Å². The van der Waals surface area contributed by atoms with Crippen molar-refractivity contribution in [3.63, 3.8) is 0 Å². The monoisotopic (exact) mass is 506 g/mol. The predicted molar refractivity (Wildman–Crippen MR) is 127 cm³/mol. The number of hydrogen-bond acceptors (Lipinski definition) is 5. The minimum atomic E-state index is -4.10. The molecule has 4 rings (SSSR count). The molecule has 0 bridgehead atoms. The standard InChI is InChI=1S/C23H20Cl2N2O5S/c24-16-10-11-19(25)20(12-16)27(33(29,30)18-6-2-1-3-7-18)14-23(28)26-13-17-15-31-21-8-4-5-9-22(21)32-17/h1-12,17H,13-15H2,(H,26,28). The highest BCUT2D eigenvalue weighted by atomic mass is 35.5. The molecule has 1 unspecified atom stereocenters. The maximum Gasteiger partial charge on any atom is 0.264 e. The fraction of sp³-hybridized carbons (Fsp3) is 0.174. The fourth-order valence-corrected chi connectivity index (χ4v) is 5.16. The number of hydrogen-bond donors (Lipinski definition) is 1. The quantitative estimate of drug-likeness (QED) is 0.520. The molecule has 0 spiro atoms. The van der Waals surface area contributed by atoms with Crippen molar-refractivity contribution in [3.05, 3.63) is 82.8 Å². The first-order valence-electron chi connectivity index (χ1n) is 10.0. The molecule has 0 saturated heterocycles. The van der Waals surface area contributed by atoms with Crippen molar-refractivity contribution in [3.8, 4) is 11.5 Å². The number of para-hydroxylation sites is 2. The van der Waals surface area contributed by atoms with E-state index in [2.05, 4.69) is 5.32 Å². The smallest absolute Gasteiger partial charge is 0.264 e. The van der Waals surface area contributed by atoms with Gasteiger partial charge in [0.05, 0.1) is 22.2 Å². The largest absolute Gasteiger partial charge is 0.486 e. The maximum absolute atomic E-state index is 13.4. The average Bonchev–Trinajstić information content (AvgIpc) is 2.83. The van der Waals surface area contributed by atoms with Gasteiger partial charge in [-0.1, -0.05) is 53.5 Å². The second-order valence-electron chi connectivity index (χ2n) is 7.22. The van der Waals surface area contributed by atoms with Gasteiger partial charge in [0.15, 0.2) is 11.5 Å². The summed E-state index contributed by atoms with van der Waals surface area (Å²) < 4.78 is 39.2. The van der Waals surface area contributed by atoms with E-state index in [4.69, 9.17) is 32.7 Å². The van der Waals surface area contributed by atoms with Crippen LogP contribution in [0.1, 0.15) is 0 Å². The van der Waals surface area contributed by atoms with E-state index < -0.39 is 28.6 Å². The normalized spacial score (nSPS) is 15.0. The first-order valence-corrected chi connectivity index (χ1v) is 12.2. The summed E-state index contributed by atoms with van der Waals surface area (Å²) >= 11 is 12.4. The third-order valence-electron chi connectivity index (χ3n) is 4.89. The Morgan fingerprint density at radius 1 is 1.00 bits per heavy atom. The molecule has 1 aliphatic heterocycles. The SMILES string of the molecule is O=C(CN(c1cc(Cl)ccc1Cl)S(=O)(=O)c1ccccc1)NCC1COc2ccccc2O1. The Balaban J connectivity index is 1.52. The van der Waals surface area contributed by atoms with Crippen LogP contribution in [0.25, 0.3) is 0 Å². The summed E-state index contributed by atoms with van der Waals surface area (Å²) in [5.74, 6) is 0.686. The van der Waals surface area contributed by atoms with Gasteiger partial charge in [0.2, 0.25) is 5.91 Å². The zero-order chi connectivity index (χ0) is 23.4. The second kappa shape index (κ2) is 9.91. The van der Waals surface area contributed by atoms with Crippen LogP contribution in [0.5, 0.6) is 11.5 Å². The molecule has 0 fully saturated rings. The molecule has 1 N–H and O–H groups in total. The zero-order valence-corrected chi connectivity index (χ0v) is 19.6. The summed E-state index contributed by atoms with van der Waals surface area (Å²) in [6.07, 6.45) is -0.419. The molecule has 0 radical (unpaired) electrons. The lowest BCUT2D eigenvalue weighted by atomic mass is 10.2. The van der Waals surface area contributed by atoms with Gasteiger partial charge in [-0.2, -0.15) is 0 Å². The number of ether oxygens (including phenoxy) is 2. The van der Waals surface area contributed by atoms with Gasteiger partial charge in [-0.3, -0.25) is 9.10 Å². The Morgan fingerprint density at radius 2 is 1.70 bits per heavy atom. The van der Waals surface area contributed by atoms with E-state index in [0.29, 0.717) is 11.5 Å². The Morgan fingerprint density at radius 3 is 2.45 bits per heavy atom. The number of carbonyl (C=O) groups is 1. The lowest BCUT2D eigenvalue weighted by Crippen LogP contribution is -2.45. The summed E-state index contributed by atoms with van der Waals surface area (Å²) in [5.41, 5.74) is 0.106. The highest BCUT2D eigenvalue weighted by molar-refractivity contribution is 7.92. The number of amides is 1. The third-order valence-corrected chi connectivity index (χ3v) is 7.22. The molecule has 10 heteroatoms. The van der Waals surface area contributed by atoms with Gasteiger partial charge >= 0.3 is 0 Å². The minimum Gasteiger partial charge on any atom is -0.486 e. The van der Waals surface area contributed by atoms with E-state index in [1.807, 2.05) is 12.1 Å². The van der Waals surface area contributed by atoms with Gasteiger partial charge in [-0.05, 0) is 42.5 Å². The molecule has 7 nitrogen and oxygen atoms in total. The summed E-state index contributed by atoms with van der Waals surface area (Å²) in [6.45, 7) is -0.111. The Kier molecular flexibility index (Phi) is 6.97. The molecule has 172 valence electrons. The van der Waals surface area contributed by atoms with Crippen LogP contribution >= 0.6 is 23.2 Å². The summed E-state index contributed by atoms with van der Waals surface area (Å²) in [7, 11) is -4.10. The minimum absolute atomic E-state index is 0.0227. The summed E-state index contributed by atoms with van der Waals surface area (Å²) in [6, 6.07) is 19.5. The molecule has 3 aromatic carbocycles. The van der Waals surface area contributed by atoms with Gasteiger partial charge < -0.3 is 14.8 Å². The summed E-state index contributed by atoms with van der Waals surface area (Å²) in [4.78, 5) is 12.8. The molecule has 3 aromatic rings. The van der Waals surface area contributed by atoms with Crippen LogP contribution in [0.15, 0.2) is 77.7 Å². The Bertz CT molecular complexity index is 1250. The highest BCUT2D eigenvalue weighted by Crippen LogP contribution is 2.33. The Hall–Kier alpha value is -2.94. The number of rotatable bonds is 7. The molecule has 0 saturated carbocycles. The van der Waals surface area contributed by atoms with Crippen molar-refractivity contribution in [2.45, 2.75) is 11.0 Å². The van der Waals surface area contributed by atoms with E-state index in [1.54, 1.807) is 36.4 Å². The van der Waals surface area contributed by atoms with E-state index in [1.165, 1.54) is 24.3 Å². The Labute approximate surface area is 201 Å². The summed E-state index contributed by atoms with van der Waals surface area (Å²) in [5, 5.41) is 3.15. The lowest BCUT2D eigenvalue weighted by molar-refractivity contribution is -0.120. The number of anilines is 1. The molecular formula is C23H20Cl2N2O5S. The average molecular weight is 507 g/mol. The predicted octanol–water partition coefficient (Wildman–Crippen LogP) is 4.14. The van der Waals surface area contributed by atoms with Crippen LogP contribution in [0.3, 0.4) is 0 Å². The van der Waals surface area contributed by atoms with Crippen LogP contribution < -0.4 is 19.1 Å². The lowest BCUT2D eigenvalue weighted by Gasteiger charge is -2.28. The number of carbonyl (C=O) groups excluding carboxylic acids is 1. The topological polar surface area (TPSA) is 84.9 Å². The maximum atomic E-state index is 13.4. The molecule has 0 aliphatic carbocycles. The van der Waals surface area contributed by atoms with Gasteiger partial charge in [-0.25, -0.2) is 8.42 Å². The number of nitrogens with zero attached hydrogens (tertiary/aromatic N) is 1. The van der Waals surface area contributed by atoms with Gasteiger partial charge in [0, 0.05) is 5.02 Å². The number of benzene rings is 3. The van der Waals surface area contributed by atoms with Crippen LogP contribution in [-0.2, 0) is 14.8 Å². The fourth-order valence-electron chi connectivity index (χ4n) is 3.27. The van der Waals surface area contributed by atoms with E-state index in [-0.39, 0.29) is 33.8 Å². The van der Waals surface area contributed by atoms with Crippen LogP contribution in [-0.4, -0.2) is 40.1 Å². The number of sulfonamides is 1. The molecule has 1 atom stereocenters. The van der Waals surface area contributed by atoms with Crippen molar-refractivity contribution < 1.29 is 22.7 Å².